The lowest BCUT2D eigenvalue weighted by molar-refractivity contribution is -0.118. The molecule has 0 saturated carbocycles. The van der Waals surface area contributed by atoms with Gasteiger partial charge in [0, 0.05) is 13.1 Å². The van der Waals surface area contributed by atoms with E-state index in [4.69, 9.17) is 9.29 Å². The predicted molar refractivity (Wildman–Crippen MR) is 54.3 cm³/mol. The first kappa shape index (κ1) is 15.9. The van der Waals surface area contributed by atoms with Crippen molar-refractivity contribution in [2.24, 2.45) is 0 Å². The van der Waals surface area contributed by atoms with E-state index in [0.717, 1.165) is 5.06 Å². The van der Waals surface area contributed by atoms with Crippen molar-refractivity contribution >= 4 is 32.2 Å². The lowest BCUT2D eigenvalue weighted by Crippen LogP contribution is -2.38. The number of nitrogens with zero attached hydrogens (tertiary/aromatic N) is 1. The van der Waals surface area contributed by atoms with Gasteiger partial charge in [-0.1, -0.05) is 3.63 Å². The van der Waals surface area contributed by atoms with Gasteiger partial charge in [-0.15, -0.1) is 3.63 Å². The van der Waals surface area contributed by atoms with E-state index < -0.39 is 32.2 Å². The van der Waals surface area contributed by atoms with Crippen LogP contribution >= 0.6 is 0 Å². The van der Waals surface area contributed by atoms with Gasteiger partial charge in [0.05, 0.1) is 13.2 Å². The molecular formula is C4H9NO10S3. The number of rotatable bonds is 6. The van der Waals surface area contributed by atoms with Gasteiger partial charge in [-0.05, 0) is 0 Å². The summed E-state index contributed by atoms with van der Waals surface area (Å²) in [6.07, 6.45) is 0. The first-order chi connectivity index (χ1) is 8.20. The molecule has 1 saturated heterocycles. The van der Waals surface area contributed by atoms with E-state index in [1.54, 1.807) is 0 Å². The third kappa shape index (κ3) is 6.12. The summed E-state index contributed by atoms with van der Waals surface area (Å²) in [6, 6.07) is 0. The first-order valence-electron chi connectivity index (χ1n) is 4.24. The molecule has 1 aliphatic rings. The SMILES string of the molecule is O=S(O)OS(=O)(=O)OS(=O)(=O)ON1CCOCC1. The Balaban J connectivity index is 2.61. The van der Waals surface area contributed by atoms with E-state index in [9.17, 15) is 21.0 Å². The number of hydrogen-bond acceptors (Lipinski definition) is 10. The van der Waals surface area contributed by atoms with Crippen LogP contribution in [0.2, 0.25) is 0 Å². The summed E-state index contributed by atoms with van der Waals surface area (Å²) in [5.74, 6) is 0. The van der Waals surface area contributed by atoms with Crippen LogP contribution in [0, 0.1) is 0 Å². The van der Waals surface area contributed by atoms with Crippen LogP contribution in [0.25, 0.3) is 0 Å². The average molecular weight is 327 g/mol. The van der Waals surface area contributed by atoms with Gasteiger partial charge in [-0.25, -0.2) is 0 Å². The second-order valence-corrected chi connectivity index (χ2v) is 6.09. The molecule has 1 aliphatic heterocycles. The van der Waals surface area contributed by atoms with Gasteiger partial charge in [0.2, 0.25) is 0 Å². The van der Waals surface area contributed by atoms with Crippen LogP contribution in [0.5, 0.6) is 0 Å². The highest BCUT2D eigenvalue weighted by Gasteiger charge is 2.30. The Morgan fingerprint density at radius 1 is 1.11 bits per heavy atom. The number of morpholine rings is 1. The summed E-state index contributed by atoms with van der Waals surface area (Å²) in [5.41, 5.74) is 0. The molecule has 14 heteroatoms. The van der Waals surface area contributed by atoms with Gasteiger partial charge in [0.1, 0.15) is 0 Å². The Labute approximate surface area is 106 Å². The third-order valence-electron chi connectivity index (χ3n) is 1.47. The van der Waals surface area contributed by atoms with E-state index >= 15 is 0 Å². The lowest BCUT2D eigenvalue weighted by Gasteiger charge is -2.23. The highest BCUT2D eigenvalue weighted by atomic mass is 32.3. The molecule has 0 bridgehead atoms. The van der Waals surface area contributed by atoms with Gasteiger partial charge in [0.25, 0.3) is 0 Å². The zero-order valence-corrected chi connectivity index (χ0v) is 11.1. The van der Waals surface area contributed by atoms with Crippen LogP contribution in [0.15, 0.2) is 0 Å². The Hall–Kier alpha value is -0.190. The third-order valence-corrected chi connectivity index (χ3v) is 4.33. The molecule has 0 aromatic carbocycles. The second kappa shape index (κ2) is 6.31. The smallest absolute Gasteiger partial charge is 0.379 e. The minimum atomic E-state index is -5.21. The molecule has 0 amide bonds. The summed E-state index contributed by atoms with van der Waals surface area (Å²) in [7, 11) is -10.2. The summed E-state index contributed by atoms with van der Waals surface area (Å²) in [5, 5.41) is 0.893. The van der Waals surface area contributed by atoms with Gasteiger partial charge in [-0.2, -0.15) is 30.4 Å². The maximum absolute atomic E-state index is 11.1. The minimum absolute atomic E-state index is 0.0788. The molecule has 0 aliphatic carbocycles. The van der Waals surface area contributed by atoms with Gasteiger partial charge in [0.15, 0.2) is 0 Å². The fourth-order valence-corrected chi connectivity index (χ4v) is 3.14. The van der Waals surface area contributed by atoms with Crippen LogP contribution in [-0.4, -0.2) is 57.0 Å². The largest absolute Gasteiger partial charge is 0.432 e. The number of ether oxygens (including phenoxy) is 1. The zero-order chi connectivity index (χ0) is 13.8. The summed E-state index contributed by atoms with van der Waals surface area (Å²) in [4.78, 5) is 0. The van der Waals surface area contributed by atoms with Crippen LogP contribution in [-0.2, 0) is 48.4 Å². The summed E-state index contributed by atoms with van der Waals surface area (Å²) >= 11 is -3.24. The van der Waals surface area contributed by atoms with Gasteiger partial charge < -0.3 is 4.74 Å². The average Bonchev–Trinajstić information content (AvgIpc) is 2.13. The van der Waals surface area contributed by atoms with E-state index in [1.807, 2.05) is 0 Å². The molecule has 0 radical (unpaired) electrons. The highest BCUT2D eigenvalue weighted by Crippen LogP contribution is 2.09. The van der Waals surface area contributed by atoms with Crippen molar-refractivity contribution in [3.8, 4) is 0 Å². The van der Waals surface area contributed by atoms with E-state index in [0.29, 0.717) is 0 Å². The molecule has 1 unspecified atom stereocenters. The van der Waals surface area contributed by atoms with Crippen molar-refractivity contribution in [2.75, 3.05) is 26.3 Å². The highest BCUT2D eigenvalue weighted by molar-refractivity contribution is 7.99. The fraction of sp³-hybridized carbons (Fsp3) is 1.00. The number of hydroxylamine groups is 2. The Morgan fingerprint density at radius 2 is 1.67 bits per heavy atom. The molecule has 108 valence electrons. The molecule has 11 nitrogen and oxygen atoms in total. The van der Waals surface area contributed by atoms with Gasteiger partial charge >= 0.3 is 32.2 Å². The molecular weight excluding hydrogens is 318 g/mol. The van der Waals surface area contributed by atoms with Crippen molar-refractivity contribution in [3.05, 3.63) is 0 Å². The lowest BCUT2D eigenvalue weighted by atomic mass is 10.5. The van der Waals surface area contributed by atoms with Crippen molar-refractivity contribution in [3.63, 3.8) is 0 Å². The standard InChI is InChI=1S/C4H9NO10S3/c6-16(7)14-18(10,11)15-17(8,9)13-5-1-3-12-4-2-5/h1-4H2,(H,6,7). The van der Waals surface area contributed by atoms with Crippen LogP contribution in [0.1, 0.15) is 0 Å². The van der Waals surface area contributed by atoms with E-state index in [-0.39, 0.29) is 26.3 Å². The Bertz CT molecular complexity index is 489. The van der Waals surface area contributed by atoms with Crippen molar-refractivity contribution < 1.29 is 41.9 Å². The first-order valence-corrected chi connectivity index (χ1v) is 7.94. The molecule has 1 atom stereocenters. The molecule has 0 spiro atoms. The topological polar surface area (TPSA) is 146 Å². The Kier molecular flexibility index (Phi) is 5.56. The normalized spacial score (nSPS) is 20.7. The molecule has 0 aromatic heterocycles. The molecule has 18 heavy (non-hydrogen) atoms. The number of hydrogen-bond donors (Lipinski definition) is 1. The quantitative estimate of drug-likeness (QED) is 0.535. The fourth-order valence-electron chi connectivity index (χ4n) is 0.947. The molecule has 1 fully saturated rings. The molecule has 1 rings (SSSR count). The van der Waals surface area contributed by atoms with Crippen LogP contribution < -0.4 is 0 Å². The molecule has 0 aromatic rings. The van der Waals surface area contributed by atoms with Crippen LogP contribution in [0.4, 0.5) is 0 Å². The molecule has 1 N–H and O–H groups in total. The maximum Gasteiger partial charge on any atom is 0.432 e. The monoisotopic (exact) mass is 327 g/mol. The summed E-state index contributed by atoms with van der Waals surface area (Å²) in [6.45, 7) is 0.545. The van der Waals surface area contributed by atoms with Crippen molar-refractivity contribution in [1.82, 2.24) is 5.06 Å². The van der Waals surface area contributed by atoms with E-state index in [2.05, 4.69) is 11.5 Å². The van der Waals surface area contributed by atoms with E-state index in [1.165, 1.54) is 0 Å². The van der Waals surface area contributed by atoms with Crippen molar-refractivity contribution in [1.29, 1.82) is 0 Å². The van der Waals surface area contributed by atoms with Gasteiger partial charge in [-0.3, -0.25) is 4.55 Å². The zero-order valence-electron chi connectivity index (χ0n) is 8.62. The molecule has 1 heterocycles. The predicted octanol–water partition coefficient (Wildman–Crippen LogP) is -2.09. The summed E-state index contributed by atoms with van der Waals surface area (Å²) < 4.78 is 78.0. The maximum atomic E-state index is 11.1. The minimum Gasteiger partial charge on any atom is -0.379 e. The Morgan fingerprint density at radius 3 is 2.17 bits per heavy atom. The van der Waals surface area contributed by atoms with Crippen molar-refractivity contribution in [2.45, 2.75) is 0 Å². The van der Waals surface area contributed by atoms with Crippen LogP contribution in [0.3, 0.4) is 0 Å². The second-order valence-electron chi connectivity index (χ2n) is 2.79.